The van der Waals surface area contributed by atoms with Gasteiger partial charge in [0.05, 0.1) is 11.8 Å². The number of nitrogens with zero attached hydrogens (tertiary/aromatic N) is 1. The standard InChI is InChI=1S/C7H12N2O3S/c10-7-2-1-3-13(11,12)9(7)6-4-8-5-6/h6,8H,1-5H2. The van der Waals surface area contributed by atoms with Crippen LogP contribution in [0.25, 0.3) is 0 Å². The molecule has 2 rings (SSSR count). The monoisotopic (exact) mass is 204 g/mol. The molecular formula is C7H12N2O3S. The van der Waals surface area contributed by atoms with Crippen LogP contribution < -0.4 is 5.32 Å². The molecule has 0 spiro atoms. The molecule has 6 heteroatoms. The van der Waals surface area contributed by atoms with Crippen molar-refractivity contribution >= 4 is 15.9 Å². The molecule has 0 radical (unpaired) electrons. The number of carbonyl (C=O) groups excluding carboxylic acids is 1. The van der Waals surface area contributed by atoms with Crippen LogP contribution in [0.15, 0.2) is 0 Å². The van der Waals surface area contributed by atoms with E-state index < -0.39 is 10.0 Å². The fourth-order valence-corrected chi connectivity index (χ4v) is 3.35. The molecule has 0 atom stereocenters. The van der Waals surface area contributed by atoms with Crippen LogP contribution in [0.5, 0.6) is 0 Å². The normalized spacial score (nSPS) is 28.6. The Bertz CT molecular complexity index is 321. The van der Waals surface area contributed by atoms with Crippen molar-refractivity contribution < 1.29 is 13.2 Å². The van der Waals surface area contributed by atoms with E-state index in [2.05, 4.69) is 5.32 Å². The smallest absolute Gasteiger partial charge is 0.237 e. The van der Waals surface area contributed by atoms with Crippen molar-refractivity contribution in [3.63, 3.8) is 0 Å². The van der Waals surface area contributed by atoms with E-state index >= 15 is 0 Å². The number of amides is 1. The van der Waals surface area contributed by atoms with E-state index in [0.29, 0.717) is 25.9 Å². The van der Waals surface area contributed by atoms with E-state index in [9.17, 15) is 13.2 Å². The minimum absolute atomic E-state index is 0.120. The fraction of sp³-hybridized carbons (Fsp3) is 0.857. The van der Waals surface area contributed by atoms with E-state index in [1.807, 2.05) is 0 Å². The number of nitrogens with one attached hydrogen (secondary N) is 1. The summed E-state index contributed by atoms with van der Waals surface area (Å²) in [6.07, 6.45) is 0.841. The van der Waals surface area contributed by atoms with E-state index in [4.69, 9.17) is 0 Å². The number of hydrogen-bond acceptors (Lipinski definition) is 4. The van der Waals surface area contributed by atoms with Crippen LogP contribution >= 0.6 is 0 Å². The Morgan fingerprint density at radius 3 is 2.54 bits per heavy atom. The first-order valence-corrected chi connectivity index (χ1v) is 5.98. The Morgan fingerprint density at radius 1 is 1.38 bits per heavy atom. The summed E-state index contributed by atoms with van der Waals surface area (Å²) in [5.74, 6) is -0.118. The van der Waals surface area contributed by atoms with Crippen molar-refractivity contribution in [2.75, 3.05) is 18.8 Å². The van der Waals surface area contributed by atoms with Crippen LogP contribution in [-0.2, 0) is 14.8 Å². The predicted molar refractivity (Wildman–Crippen MR) is 46.5 cm³/mol. The lowest BCUT2D eigenvalue weighted by molar-refractivity contribution is -0.129. The lowest BCUT2D eigenvalue weighted by atomic mass is 10.1. The number of rotatable bonds is 1. The first-order chi connectivity index (χ1) is 6.11. The largest absolute Gasteiger partial charge is 0.312 e. The summed E-state index contributed by atoms with van der Waals surface area (Å²) < 4.78 is 24.1. The van der Waals surface area contributed by atoms with E-state index in [1.54, 1.807) is 0 Å². The highest BCUT2D eigenvalue weighted by Crippen LogP contribution is 2.19. The summed E-state index contributed by atoms with van der Waals surface area (Å²) >= 11 is 0. The second-order valence-corrected chi connectivity index (χ2v) is 5.39. The van der Waals surface area contributed by atoms with Gasteiger partial charge in [-0.3, -0.25) is 4.79 Å². The van der Waals surface area contributed by atoms with Gasteiger partial charge < -0.3 is 5.32 Å². The molecule has 1 N–H and O–H groups in total. The average molecular weight is 204 g/mol. The minimum Gasteiger partial charge on any atom is -0.312 e. The van der Waals surface area contributed by atoms with E-state index in [1.165, 1.54) is 0 Å². The van der Waals surface area contributed by atoms with Crippen molar-refractivity contribution in [1.82, 2.24) is 9.62 Å². The SMILES string of the molecule is O=C1CCCS(=O)(=O)N1C1CNC1. The van der Waals surface area contributed by atoms with Gasteiger partial charge in [-0.05, 0) is 6.42 Å². The molecule has 13 heavy (non-hydrogen) atoms. The van der Waals surface area contributed by atoms with Crippen LogP contribution in [0.4, 0.5) is 0 Å². The van der Waals surface area contributed by atoms with Gasteiger partial charge in [-0.1, -0.05) is 0 Å². The maximum absolute atomic E-state index is 11.5. The molecule has 2 saturated heterocycles. The van der Waals surface area contributed by atoms with Crippen molar-refractivity contribution in [3.8, 4) is 0 Å². The minimum atomic E-state index is -3.29. The van der Waals surface area contributed by atoms with Gasteiger partial charge in [0, 0.05) is 19.5 Å². The van der Waals surface area contributed by atoms with Gasteiger partial charge in [-0.15, -0.1) is 0 Å². The van der Waals surface area contributed by atoms with Gasteiger partial charge in [-0.25, -0.2) is 12.7 Å². The Balaban J connectivity index is 2.23. The highest BCUT2D eigenvalue weighted by molar-refractivity contribution is 7.89. The zero-order chi connectivity index (χ0) is 9.47. The predicted octanol–water partition coefficient (Wildman–Crippen LogP) is -1.09. The summed E-state index contributed by atoms with van der Waals surface area (Å²) in [6.45, 7) is 1.20. The molecule has 0 aliphatic carbocycles. The second-order valence-electron chi connectivity index (χ2n) is 3.42. The molecule has 0 aromatic rings. The lowest BCUT2D eigenvalue weighted by Gasteiger charge is -2.39. The highest BCUT2D eigenvalue weighted by Gasteiger charge is 2.39. The average Bonchev–Trinajstić information content (AvgIpc) is 1.92. The summed E-state index contributed by atoms with van der Waals surface area (Å²) in [7, 11) is -3.29. The van der Waals surface area contributed by atoms with Crippen molar-refractivity contribution in [1.29, 1.82) is 0 Å². The number of sulfonamides is 1. The van der Waals surface area contributed by atoms with Gasteiger partial charge in [-0.2, -0.15) is 0 Å². The zero-order valence-corrected chi connectivity index (χ0v) is 8.01. The third-order valence-corrected chi connectivity index (χ3v) is 4.34. The molecule has 0 aromatic carbocycles. The maximum atomic E-state index is 11.5. The van der Waals surface area contributed by atoms with Gasteiger partial charge in [0.2, 0.25) is 15.9 Å². The first kappa shape index (κ1) is 8.96. The van der Waals surface area contributed by atoms with Gasteiger partial charge in [0.1, 0.15) is 0 Å². The van der Waals surface area contributed by atoms with Gasteiger partial charge in [0.25, 0.3) is 0 Å². The lowest BCUT2D eigenvalue weighted by Crippen LogP contribution is -2.61. The molecule has 0 saturated carbocycles. The molecule has 2 fully saturated rings. The van der Waals surface area contributed by atoms with Crippen LogP contribution in [-0.4, -0.2) is 43.5 Å². The van der Waals surface area contributed by atoms with Gasteiger partial charge >= 0.3 is 0 Å². The molecule has 0 unspecified atom stereocenters. The quantitative estimate of drug-likeness (QED) is 0.589. The third kappa shape index (κ3) is 1.44. The fourth-order valence-electron chi connectivity index (χ4n) is 1.64. The molecule has 74 valence electrons. The van der Waals surface area contributed by atoms with Crippen molar-refractivity contribution in [2.24, 2.45) is 0 Å². The zero-order valence-electron chi connectivity index (χ0n) is 7.19. The van der Waals surface area contributed by atoms with Crippen molar-refractivity contribution in [3.05, 3.63) is 0 Å². The topological polar surface area (TPSA) is 66.5 Å². The molecule has 2 heterocycles. The number of carbonyl (C=O) groups is 1. The Labute approximate surface area is 77.1 Å². The first-order valence-electron chi connectivity index (χ1n) is 4.37. The molecular weight excluding hydrogens is 192 g/mol. The second kappa shape index (κ2) is 2.95. The van der Waals surface area contributed by atoms with Crippen LogP contribution in [0.2, 0.25) is 0 Å². The summed E-state index contributed by atoms with van der Waals surface area (Å²) in [4.78, 5) is 11.4. The highest BCUT2D eigenvalue weighted by atomic mass is 32.2. The Morgan fingerprint density at radius 2 is 2.08 bits per heavy atom. The Kier molecular flexibility index (Phi) is 2.03. The molecule has 1 amide bonds. The summed E-state index contributed by atoms with van der Waals surface area (Å²) in [5, 5.41) is 2.96. The molecule has 0 aromatic heterocycles. The van der Waals surface area contributed by atoms with E-state index in [-0.39, 0.29) is 17.7 Å². The maximum Gasteiger partial charge on any atom is 0.237 e. The molecule has 2 aliphatic heterocycles. The molecule has 2 aliphatic rings. The number of hydrogen-bond donors (Lipinski definition) is 1. The molecule has 5 nitrogen and oxygen atoms in total. The van der Waals surface area contributed by atoms with E-state index in [0.717, 1.165) is 4.31 Å². The molecule has 0 bridgehead atoms. The van der Waals surface area contributed by atoms with Crippen LogP contribution in [0.1, 0.15) is 12.8 Å². The summed E-state index contributed by atoms with van der Waals surface area (Å²) in [5.41, 5.74) is 0. The summed E-state index contributed by atoms with van der Waals surface area (Å²) in [6, 6.07) is -0.127. The van der Waals surface area contributed by atoms with Crippen LogP contribution in [0.3, 0.4) is 0 Å². The van der Waals surface area contributed by atoms with Gasteiger partial charge in [0.15, 0.2) is 0 Å². The Hall–Kier alpha value is -0.620. The van der Waals surface area contributed by atoms with Crippen LogP contribution in [0, 0.1) is 0 Å². The van der Waals surface area contributed by atoms with Crippen molar-refractivity contribution in [2.45, 2.75) is 18.9 Å². The third-order valence-electron chi connectivity index (χ3n) is 2.43.